The Morgan fingerprint density at radius 2 is 1.59 bits per heavy atom. The van der Waals surface area contributed by atoms with Gasteiger partial charge in [-0.3, -0.25) is 14.5 Å². The van der Waals surface area contributed by atoms with Gasteiger partial charge in [-0.2, -0.15) is 0 Å². The third-order valence-corrected chi connectivity index (χ3v) is 4.54. The summed E-state index contributed by atoms with van der Waals surface area (Å²) in [6, 6.07) is 12.2. The van der Waals surface area contributed by atoms with Gasteiger partial charge in [0.05, 0.1) is 36.6 Å². The van der Waals surface area contributed by atoms with Crippen LogP contribution in [0.1, 0.15) is 40.3 Å². The van der Waals surface area contributed by atoms with E-state index in [9.17, 15) is 9.59 Å². The smallest absolute Gasteiger partial charge is 0.261 e. The third kappa shape index (κ3) is 3.47. The molecule has 2 aromatic carbocycles. The van der Waals surface area contributed by atoms with E-state index in [1.807, 2.05) is 19.9 Å². The van der Waals surface area contributed by atoms with E-state index in [0.717, 1.165) is 0 Å². The molecule has 4 rings (SSSR count). The molecule has 29 heavy (non-hydrogen) atoms. The maximum absolute atomic E-state index is 12.5. The molecule has 0 spiro atoms. The molecule has 0 aliphatic carbocycles. The summed E-state index contributed by atoms with van der Waals surface area (Å²) >= 11 is 0. The average molecular weight is 392 g/mol. The predicted octanol–water partition coefficient (Wildman–Crippen LogP) is 3.94. The zero-order chi connectivity index (χ0) is 20.4. The lowest BCUT2D eigenvalue weighted by molar-refractivity contribution is 0.0640. The highest BCUT2D eigenvalue weighted by Gasteiger charge is 2.35. The Labute approximate surface area is 167 Å². The third-order valence-electron chi connectivity index (χ3n) is 4.54. The van der Waals surface area contributed by atoms with E-state index in [1.54, 1.807) is 36.4 Å². The molecule has 0 bridgehead atoms. The van der Waals surface area contributed by atoms with Crippen LogP contribution >= 0.6 is 0 Å². The Bertz CT molecular complexity index is 1040. The first-order valence-electron chi connectivity index (χ1n) is 9.42. The first-order valence-corrected chi connectivity index (χ1v) is 9.42. The summed E-state index contributed by atoms with van der Waals surface area (Å²) < 4.78 is 16.8. The summed E-state index contributed by atoms with van der Waals surface area (Å²) in [5, 5.41) is 0. The van der Waals surface area contributed by atoms with E-state index in [4.69, 9.17) is 13.9 Å². The second kappa shape index (κ2) is 7.79. The number of fused-ring (bicyclic) bond motifs is 1. The van der Waals surface area contributed by atoms with Crippen LogP contribution in [-0.4, -0.2) is 34.9 Å². The van der Waals surface area contributed by atoms with Crippen LogP contribution in [0, 0.1) is 0 Å². The monoisotopic (exact) mass is 392 g/mol. The van der Waals surface area contributed by atoms with Gasteiger partial charge in [-0.15, -0.1) is 0 Å². The maximum atomic E-state index is 12.5. The molecule has 2 amide bonds. The largest absolute Gasteiger partial charge is 0.490 e. The van der Waals surface area contributed by atoms with Gasteiger partial charge in [0.25, 0.3) is 11.8 Å². The molecule has 7 heteroatoms. The number of aromatic nitrogens is 1. The number of oxazole rings is 1. The van der Waals surface area contributed by atoms with E-state index >= 15 is 0 Å². The van der Waals surface area contributed by atoms with Gasteiger partial charge in [0.2, 0.25) is 5.89 Å². The first kappa shape index (κ1) is 18.7. The highest BCUT2D eigenvalue weighted by atomic mass is 16.5. The van der Waals surface area contributed by atoms with Crippen molar-refractivity contribution in [2.24, 2.45) is 0 Å². The van der Waals surface area contributed by atoms with Crippen LogP contribution in [0.15, 0.2) is 53.1 Å². The zero-order valence-electron chi connectivity index (χ0n) is 16.2. The van der Waals surface area contributed by atoms with Gasteiger partial charge in [-0.1, -0.05) is 12.1 Å². The van der Waals surface area contributed by atoms with Crippen LogP contribution in [0.4, 0.5) is 0 Å². The van der Waals surface area contributed by atoms with Gasteiger partial charge in [-0.05, 0) is 44.2 Å². The Kier molecular flexibility index (Phi) is 5.03. The second-order valence-corrected chi connectivity index (χ2v) is 6.41. The lowest BCUT2D eigenvalue weighted by Gasteiger charge is -2.11. The van der Waals surface area contributed by atoms with Crippen LogP contribution in [0.2, 0.25) is 0 Å². The summed E-state index contributed by atoms with van der Waals surface area (Å²) in [6.45, 7) is 4.88. The first-order chi connectivity index (χ1) is 14.1. The average Bonchev–Trinajstić information content (AvgIpc) is 3.29. The van der Waals surface area contributed by atoms with Crippen LogP contribution in [-0.2, 0) is 6.54 Å². The fourth-order valence-corrected chi connectivity index (χ4v) is 3.24. The number of benzene rings is 2. The van der Waals surface area contributed by atoms with Crippen molar-refractivity contribution in [2.75, 3.05) is 13.2 Å². The molecule has 3 aromatic rings. The quantitative estimate of drug-likeness (QED) is 0.567. The number of amides is 2. The second-order valence-electron chi connectivity index (χ2n) is 6.41. The normalized spacial score (nSPS) is 13.0. The van der Waals surface area contributed by atoms with E-state index in [0.29, 0.717) is 53.0 Å². The summed E-state index contributed by atoms with van der Waals surface area (Å²) in [7, 11) is 0. The number of hydrogen-bond acceptors (Lipinski definition) is 6. The van der Waals surface area contributed by atoms with Crippen LogP contribution < -0.4 is 9.47 Å². The molecule has 1 aliphatic heterocycles. The molecule has 0 saturated heterocycles. The topological polar surface area (TPSA) is 81.9 Å². The molecule has 0 fully saturated rings. The highest BCUT2D eigenvalue weighted by Crippen LogP contribution is 2.33. The number of carbonyl (C=O) groups is 2. The van der Waals surface area contributed by atoms with E-state index < -0.39 is 0 Å². The number of rotatable bonds is 7. The summed E-state index contributed by atoms with van der Waals surface area (Å²) in [5.74, 6) is 0.980. The molecule has 0 N–H and O–H groups in total. The molecule has 148 valence electrons. The molecule has 7 nitrogen and oxygen atoms in total. The molecule has 1 aromatic heterocycles. The van der Waals surface area contributed by atoms with Crippen molar-refractivity contribution in [2.45, 2.75) is 20.4 Å². The fourth-order valence-electron chi connectivity index (χ4n) is 3.24. The highest BCUT2D eigenvalue weighted by molar-refractivity contribution is 6.21. The van der Waals surface area contributed by atoms with Crippen molar-refractivity contribution < 1.29 is 23.5 Å². The molecule has 0 unspecified atom stereocenters. The molecular formula is C22H20N2O5. The van der Waals surface area contributed by atoms with Crippen molar-refractivity contribution in [3.63, 3.8) is 0 Å². The molecular weight excluding hydrogens is 372 g/mol. The Hall–Kier alpha value is -3.61. The SMILES string of the molecule is CCOc1ccc(-c2nc(CN3C(=O)c4ccccc4C3=O)co2)cc1OCC. The van der Waals surface area contributed by atoms with Crippen molar-refractivity contribution >= 4 is 11.8 Å². The number of hydrogen-bond donors (Lipinski definition) is 0. The molecule has 1 aliphatic rings. The Morgan fingerprint density at radius 1 is 0.931 bits per heavy atom. The number of imide groups is 1. The van der Waals surface area contributed by atoms with Crippen LogP contribution in [0.25, 0.3) is 11.5 Å². The maximum Gasteiger partial charge on any atom is 0.261 e. The van der Waals surface area contributed by atoms with E-state index in [-0.39, 0.29) is 18.4 Å². The lowest BCUT2D eigenvalue weighted by atomic mass is 10.1. The number of nitrogens with zero attached hydrogens (tertiary/aromatic N) is 2. The minimum absolute atomic E-state index is 0.0468. The minimum atomic E-state index is -0.324. The van der Waals surface area contributed by atoms with Gasteiger partial charge in [0, 0.05) is 5.56 Å². The zero-order valence-corrected chi connectivity index (χ0v) is 16.2. The molecule has 0 saturated carbocycles. The standard InChI is InChI=1S/C22H20N2O5/c1-3-27-18-10-9-14(11-19(18)28-4-2)20-23-15(13-29-20)12-24-21(25)16-7-5-6-8-17(16)22(24)26/h5-11,13H,3-4,12H2,1-2H3. The van der Waals surface area contributed by atoms with Crippen molar-refractivity contribution in [1.29, 1.82) is 0 Å². The Balaban J connectivity index is 1.56. The van der Waals surface area contributed by atoms with Gasteiger partial charge in [0.15, 0.2) is 11.5 Å². The number of carbonyl (C=O) groups excluding carboxylic acids is 2. The lowest BCUT2D eigenvalue weighted by Crippen LogP contribution is -2.29. The Morgan fingerprint density at radius 3 is 2.24 bits per heavy atom. The van der Waals surface area contributed by atoms with Crippen LogP contribution in [0.5, 0.6) is 11.5 Å². The van der Waals surface area contributed by atoms with Crippen LogP contribution in [0.3, 0.4) is 0 Å². The van der Waals surface area contributed by atoms with Gasteiger partial charge >= 0.3 is 0 Å². The van der Waals surface area contributed by atoms with E-state index in [1.165, 1.54) is 11.2 Å². The van der Waals surface area contributed by atoms with Gasteiger partial charge in [0.1, 0.15) is 6.26 Å². The predicted molar refractivity (Wildman–Crippen MR) is 105 cm³/mol. The van der Waals surface area contributed by atoms with Crippen molar-refractivity contribution in [3.05, 3.63) is 65.5 Å². The minimum Gasteiger partial charge on any atom is -0.490 e. The molecule has 0 atom stereocenters. The van der Waals surface area contributed by atoms with Crippen molar-refractivity contribution in [3.8, 4) is 23.0 Å². The number of ether oxygens (including phenoxy) is 2. The summed E-state index contributed by atoms with van der Waals surface area (Å²) in [4.78, 5) is 30.7. The van der Waals surface area contributed by atoms with Gasteiger partial charge < -0.3 is 13.9 Å². The molecule has 2 heterocycles. The van der Waals surface area contributed by atoms with E-state index in [2.05, 4.69) is 4.98 Å². The summed E-state index contributed by atoms with van der Waals surface area (Å²) in [6.07, 6.45) is 1.45. The fraction of sp³-hybridized carbons (Fsp3) is 0.227. The summed E-state index contributed by atoms with van der Waals surface area (Å²) in [5.41, 5.74) is 2.02. The van der Waals surface area contributed by atoms with Crippen molar-refractivity contribution in [1.82, 2.24) is 9.88 Å². The van der Waals surface area contributed by atoms with Gasteiger partial charge in [-0.25, -0.2) is 4.98 Å². The molecule has 0 radical (unpaired) electrons.